The van der Waals surface area contributed by atoms with Crippen molar-refractivity contribution >= 4 is 41.1 Å². The topological polar surface area (TPSA) is 180 Å². The number of hydrogen-bond acceptors (Lipinski definition) is 7. The van der Waals surface area contributed by atoms with E-state index in [2.05, 4.69) is 26.6 Å². The second-order valence-electron chi connectivity index (χ2n) is 7.39. The molecule has 0 radical (unpaired) electrons. The van der Waals surface area contributed by atoms with Gasteiger partial charge in [0.15, 0.2) is 11.6 Å². The summed E-state index contributed by atoms with van der Waals surface area (Å²) in [6.45, 7) is -1.64. The van der Waals surface area contributed by atoms with E-state index in [1.54, 1.807) is 6.08 Å². The summed E-state index contributed by atoms with van der Waals surface area (Å²) < 4.78 is 0. The minimum atomic E-state index is -0.640. The standard InChI is InChI=1S/C21H31N5O7/c27-15-6-4-2-1-3-5-7-16(28)10-22-18(30)12-24-20(32)14-26-21(33)13-25-19(31)11-23-17(29)9-8-15/h4,6H,1-3,5,7-14H2,(H,22,30)(H,23,29)(H,24,32)(H,25,31)(H,26,33). The molecule has 5 amide bonds. The number of nitrogens with one attached hydrogen (secondary N) is 5. The van der Waals surface area contributed by atoms with Crippen molar-refractivity contribution in [3.63, 3.8) is 0 Å². The molecule has 0 aromatic carbocycles. The number of rotatable bonds is 0. The highest BCUT2D eigenvalue weighted by atomic mass is 16.2. The lowest BCUT2D eigenvalue weighted by Crippen LogP contribution is -2.46. The predicted octanol–water partition coefficient (Wildman–Crippen LogP) is -1.99. The van der Waals surface area contributed by atoms with Crippen LogP contribution in [-0.2, 0) is 33.6 Å². The minimum absolute atomic E-state index is 0.00858. The number of hydrogen-bond donors (Lipinski definition) is 5. The van der Waals surface area contributed by atoms with Gasteiger partial charge in [-0.2, -0.15) is 0 Å². The van der Waals surface area contributed by atoms with Crippen molar-refractivity contribution in [1.29, 1.82) is 0 Å². The summed E-state index contributed by atoms with van der Waals surface area (Å²) in [6.07, 6.45) is 6.29. The van der Waals surface area contributed by atoms with Crippen LogP contribution in [-0.4, -0.2) is 73.8 Å². The van der Waals surface area contributed by atoms with Crippen LogP contribution >= 0.6 is 0 Å². The third-order valence-electron chi connectivity index (χ3n) is 4.50. The Balaban J connectivity index is 2.53. The molecular weight excluding hydrogens is 434 g/mol. The third kappa shape index (κ3) is 15.0. The molecule has 0 unspecified atom stereocenters. The maximum Gasteiger partial charge on any atom is 0.239 e. The lowest BCUT2D eigenvalue weighted by atomic mass is 10.1. The summed E-state index contributed by atoms with van der Waals surface area (Å²) in [5, 5.41) is 11.6. The second-order valence-corrected chi connectivity index (χ2v) is 7.39. The molecule has 1 heterocycles. The zero-order chi connectivity index (χ0) is 24.5. The summed E-state index contributed by atoms with van der Waals surface area (Å²) >= 11 is 0. The minimum Gasteiger partial charge on any atom is -0.347 e. The fourth-order valence-corrected chi connectivity index (χ4v) is 2.64. The number of carbonyl (C=O) groups excluding carboxylic acids is 7. The Kier molecular flexibility index (Phi) is 13.4. The van der Waals surface area contributed by atoms with Crippen molar-refractivity contribution in [3.05, 3.63) is 12.2 Å². The summed E-state index contributed by atoms with van der Waals surface area (Å²) in [5.41, 5.74) is 0. The van der Waals surface area contributed by atoms with E-state index >= 15 is 0 Å². The van der Waals surface area contributed by atoms with Crippen LogP contribution in [0.1, 0.15) is 44.9 Å². The lowest BCUT2D eigenvalue weighted by molar-refractivity contribution is -0.129. The first-order chi connectivity index (χ1) is 15.8. The summed E-state index contributed by atoms with van der Waals surface area (Å²) in [4.78, 5) is 82.1. The van der Waals surface area contributed by atoms with Gasteiger partial charge in [-0.15, -0.1) is 0 Å². The molecule has 0 bridgehead atoms. The van der Waals surface area contributed by atoms with E-state index in [1.165, 1.54) is 6.08 Å². The van der Waals surface area contributed by atoms with Crippen LogP contribution in [0.4, 0.5) is 0 Å². The van der Waals surface area contributed by atoms with Gasteiger partial charge in [0.05, 0.1) is 32.7 Å². The van der Waals surface area contributed by atoms with Crippen LogP contribution in [0.3, 0.4) is 0 Å². The van der Waals surface area contributed by atoms with Gasteiger partial charge in [0.25, 0.3) is 0 Å². The number of ketones is 2. The molecule has 0 aliphatic carbocycles. The van der Waals surface area contributed by atoms with Gasteiger partial charge in [0.1, 0.15) is 0 Å². The van der Waals surface area contributed by atoms with Gasteiger partial charge in [-0.25, -0.2) is 0 Å². The van der Waals surface area contributed by atoms with E-state index in [1.807, 2.05) is 0 Å². The normalized spacial score (nSPS) is 20.2. The monoisotopic (exact) mass is 465 g/mol. The molecule has 33 heavy (non-hydrogen) atoms. The molecule has 1 aliphatic heterocycles. The van der Waals surface area contributed by atoms with Crippen molar-refractivity contribution in [2.24, 2.45) is 0 Å². The van der Waals surface area contributed by atoms with Crippen molar-refractivity contribution in [2.45, 2.75) is 44.9 Å². The van der Waals surface area contributed by atoms with Crippen LogP contribution in [0.2, 0.25) is 0 Å². The number of Topliss-reactive ketones (excluding diaryl/α,β-unsaturated/α-hetero) is 1. The van der Waals surface area contributed by atoms with Crippen LogP contribution in [0.25, 0.3) is 0 Å². The van der Waals surface area contributed by atoms with Crippen molar-refractivity contribution in [1.82, 2.24) is 26.6 Å². The fourth-order valence-electron chi connectivity index (χ4n) is 2.64. The highest BCUT2D eigenvalue weighted by Crippen LogP contribution is 2.05. The predicted molar refractivity (Wildman–Crippen MR) is 117 cm³/mol. The molecule has 0 aromatic heterocycles. The Labute approximate surface area is 191 Å². The maximum absolute atomic E-state index is 11.8. The van der Waals surface area contributed by atoms with Gasteiger partial charge < -0.3 is 26.6 Å². The molecule has 1 rings (SSSR count). The SMILES string of the molecule is O=C1C=CCCCCCC(=O)CNC(=O)CNC(=O)CNC(=O)CNC(=O)CNC(=O)CC1. The molecule has 12 nitrogen and oxygen atoms in total. The first-order valence-corrected chi connectivity index (χ1v) is 10.8. The molecule has 0 saturated carbocycles. The molecule has 0 aromatic rings. The van der Waals surface area contributed by atoms with E-state index in [-0.39, 0.29) is 44.0 Å². The third-order valence-corrected chi connectivity index (χ3v) is 4.50. The molecule has 0 spiro atoms. The average molecular weight is 466 g/mol. The molecule has 1 aliphatic rings. The quantitative estimate of drug-likeness (QED) is 0.274. The Bertz CT molecular complexity index is 779. The maximum atomic E-state index is 11.8. The van der Waals surface area contributed by atoms with Crippen molar-refractivity contribution in [3.8, 4) is 0 Å². The number of carbonyl (C=O) groups is 7. The Morgan fingerprint density at radius 2 is 0.970 bits per heavy atom. The van der Waals surface area contributed by atoms with E-state index in [0.29, 0.717) is 19.3 Å². The van der Waals surface area contributed by atoms with Gasteiger partial charge in [-0.05, 0) is 25.3 Å². The van der Waals surface area contributed by atoms with E-state index < -0.39 is 42.6 Å². The Hall–Kier alpha value is -3.57. The van der Waals surface area contributed by atoms with Gasteiger partial charge in [0.2, 0.25) is 29.5 Å². The molecular formula is C21H31N5O7. The average Bonchev–Trinajstić information content (AvgIpc) is 2.79. The van der Waals surface area contributed by atoms with Gasteiger partial charge in [0, 0.05) is 19.3 Å². The van der Waals surface area contributed by atoms with Crippen LogP contribution < -0.4 is 26.6 Å². The molecule has 0 atom stereocenters. The lowest BCUT2D eigenvalue weighted by Gasteiger charge is -2.09. The summed E-state index contributed by atoms with van der Waals surface area (Å²) in [7, 11) is 0. The van der Waals surface area contributed by atoms with Gasteiger partial charge >= 0.3 is 0 Å². The number of amides is 5. The van der Waals surface area contributed by atoms with E-state index in [4.69, 9.17) is 0 Å². The van der Waals surface area contributed by atoms with Crippen LogP contribution in [0.15, 0.2) is 12.2 Å². The van der Waals surface area contributed by atoms with Crippen LogP contribution in [0.5, 0.6) is 0 Å². The molecule has 182 valence electrons. The zero-order valence-corrected chi connectivity index (χ0v) is 18.5. The fraction of sp³-hybridized carbons (Fsp3) is 0.571. The summed E-state index contributed by atoms with van der Waals surface area (Å²) in [6, 6.07) is 0. The van der Waals surface area contributed by atoms with E-state index in [0.717, 1.165) is 12.8 Å². The summed E-state index contributed by atoms with van der Waals surface area (Å²) in [5.74, 6) is -3.21. The van der Waals surface area contributed by atoms with Gasteiger partial charge in [-0.1, -0.05) is 12.5 Å². The largest absolute Gasteiger partial charge is 0.347 e. The second kappa shape index (κ2) is 16.1. The smallest absolute Gasteiger partial charge is 0.239 e. The number of allylic oxidation sites excluding steroid dienone is 2. The van der Waals surface area contributed by atoms with E-state index in [9.17, 15) is 33.6 Å². The molecule has 12 heteroatoms. The van der Waals surface area contributed by atoms with Crippen molar-refractivity contribution < 1.29 is 33.6 Å². The zero-order valence-electron chi connectivity index (χ0n) is 18.5. The Morgan fingerprint density at radius 1 is 0.485 bits per heavy atom. The highest BCUT2D eigenvalue weighted by molar-refractivity contribution is 5.94. The molecule has 0 fully saturated rings. The first kappa shape index (κ1) is 27.5. The van der Waals surface area contributed by atoms with Crippen LogP contribution in [0, 0.1) is 0 Å². The van der Waals surface area contributed by atoms with Crippen molar-refractivity contribution in [2.75, 3.05) is 32.7 Å². The molecule has 5 N–H and O–H groups in total. The highest BCUT2D eigenvalue weighted by Gasteiger charge is 2.11. The molecule has 0 saturated heterocycles. The Morgan fingerprint density at radius 3 is 1.52 bits per heavy atom. The first-order valence-electron chi connectivity index (χ1n) is 10.8. The van der Waals surface area contributed by atoms with Gasteiger partial charge in [-0.3, -0.25) is 33.6 Å².